The Bertz CT molecular complexity index is 1100. The Kier molecular flexibility index (Phi) is 7.13. The third kappa shape index (κ3) is 6.01. The summed E-state index contributed by atoms with van der Waals surface area (Å²) >= 11 is 0. The molecule has 0 aliphatic carbocycles. The molecule has 0 unspecified atom stereocenters. The lowest BCUT2D eigenvalue weighted by molar-refractivity contribution is -0.149. The van der Waals surface area contributed by atoms with Gasteiger partial charge in [-0.05, 0) is 36.8 Å². The number of urea groups is 1. The van der Waals surface area contributed by atoms with Gasteiger partial charge in [0.2, 0.25) is 5.91 Å². The predicted molar refractivity (Wildman–Crippen MR) is 117 cm³/mol. The summed E-state index contributed by atoms with van der Waals surface area (Å²) in [5, 5.41) is 16.6. The lowest BCUT2D eigenvalue weighted by Gasteiger charge is -2.37. The first-order valence-corrected chi connectivity index (χ1v) is 10.9. The normalized spacial score (nSPS) is 23.0. The van der Waals surface area contributed by atoms with Crippen molar-refractivity contribution >= 4 is 23.3 Å². The van der Waals surface area contributed by atoms with Crippen LogP contribution in [0.4, 0.5) is 33.7 Å². The fourth-order valence-corrected chi connectivity index (χ4v) is 4.29. The highest BCUT2D eigenvalue weighted by Gasteiger charge is 2.46. The lowest BCUT2D eigenvalue weighted by atomic mass is 9.84. The van der Waals surface area contributed by atoms with Crippen molar-refractivity contribution in [2.75, 3.05) is 23.8 Å². The molecule has 2 aliphatic heterocycles. The molecule has 188 valence electrons. The van der Waals surface area contributed by atoms with Gasteiger partial charge in [-0.3, -0.25) is 4.79 Å². The number of anilines is 2. The number of fused-ring (bicyclic) bond motifs is 3. The van der Waals surface area contributed by atoms with Crippen LogP contribution in [0.1, 0.15) is 24.3 Å². The van der Waals surface area contributed by atoms with Gasteiger partial charge in [-0.1, -0.05) is 12.1 Å². The number of ether oxygens (including phenoxy) is 2. The summed E-state index contributed by atoms with van der Waals surface area (Å²) < 4.78 is 62.5. The van der Waals surface area contributed by atoms with Crippen LogP contribution in [0.15, 0.2) is 42.5 Å². The third-order valence-electron chi connectivity index (χ3n) is 5.78. The van der Waals surface area contributed by atoms with Gasteiger partial charge in [-0.15, -0.1) is 0 Å². The van der Waals surface area contributed by atoms with Crippen molar-refractivity contribution in [2.45, 2.75) is 43.2 Å². The average molecular weight is 497 g/mol. The van der Waals surface area contributed by atoms with Gasteiger partial charge in [0.1, 0.15) is 30.3 Å². The van der Waals surface area contributed by atoms with Crippen molar-refractivity contribution in [3.63, 3.8) is 0 Å². The molecule has 35 heavy (non-hydrogen) atoms. The standard InChI is InChI=1S/C23H23F4N3O5/c24-16-3-1-2-4-17(16)30-22(33)29-12-5-6-18-14(7-12)15-8-13(34-19(10-31)21(15)35-18)9-20(32)28-11-23(25,26)27/h1-7,13,15,19,21,31H,8-11H2,(H,28,32)(H2,29,30,33)/t13-,15+,19-,21-/m0/s1. The Balaban J connectivity index is 1.44. The zero-order valence-electron chi connectivity index (χ0n) is 18.3. The number of benzene rings is 2. The van der Waals surface area contributed by atoms with Crippen molar-refractivity contribution in [2.24, 2.45) is 0 Å². The summed E-state index contributed by atoms with van der Waals surface area (Å²) in [4.78, 5) is 24.3. The van der Waals surface area contributed by atoms with Gasteiger partial charge >= 0.3 is 12.2 Å². The highest BCUT2D eigenvalue weighted by Crippen LogP contribution is 2.47. The third-order valence-corrected chi connectivity index (χ3v) is 5.78. The predicted octanol–water partition coefficient (Wildman–Crippen LogP) is 3.53. The van der Waals surface area contributed by atoms with E-state index in [9.17, 15) is 32.3 Å². The zero-order chi connectivity index (χ0) is 25.2. The highest BCUT2D eigenvalue weighted by atomic mass is 19.4. The summed E-state index contributed by atoms with van der Waals surface area (Å²) in [5.74, 6) is -1.23. The summed E-state index contributed by atoms with van der Waals surface area (Å²) in [6.07, 6.45) is -6.67. The summed E-state index contributed by atoms with van der Waals surface area (Å²) in [5.41, 5.74) is 1.10. The number of rotatable bonds is 6. The number of aliphatic hydroxyl groups is 1. The van der Waals surface area contributed by atoms with Crippen LogP contribution in [0, 0.1) is 5.82 Å². The maximum absolute atomic E-state index is 13.8. The van der Waals surface area contributed by atoms with Crippen LogP contribution >= 0.6 is 0 Å². The van der Waals surface area contributed by atoms with Crippen molar-refractivity contribution in [3.05, 3.63) is 53.8 Å². The van der Waals surface area contributed by atoms with Crippen LogP contribution in [0.25, 0.3) is 0 Å². The topological polar surface area (TPSA) is 109 Å². The van der Waals surface area contributed by atoms with E-state index in [1.807, 2.05) is 5.32 Å². The molecule has 4 atom stereocenters. The van der Waals surface area contributed by atoms with Gasteiger partial charge in [0.15, 0.2) is 0 Å². The number of hydrogen-bond acceptors (Lipinski definition) is 5. The molecule has 0 spiro atoms. The summed E-state index contributed by atoms with van der Waals surface area (Å²) in [6, 6.07) is 9.93. The Labute approximate surface area is 197 Å². The Morgan fingerprint density at radius 2 is 1.89 bits per heavy atom. The molecule has 1 saturated heterocycles. The van der Waals surface area contributed by atoms with E-state index in [0.717, 1.165) is 0 Å². The minimum atomic E-state index is -4.53. The molecule has 0 bridgehead atoms. The van der Waals surface area contributed by atoms with E-state index in [1.165, 1.54) is 18.2 Å². The van der Waals surface area contributed by atoms with Crippen molar-refractivity contribution in [3.8, 4) is 5.75 Å². The Morgan fingerprint density at radius 3 is 2.60 bits per heavy atom. The molecule has 2 aromatic rings. The summed E-state index contributed by atoms with van der Waals surface area (Å²) in [6.45, 7) is -1.85. The molecule has 0 aromatic heterocycles. The molecule has 0 radical (unpaired) electrons. The molecule has 4 rings (SSSR count). The molecule has 2 aromatic carbocycles. The number of hydrogen-bond donors (Lipinski definition) is 4. The number of alkyl halides is 3. The van der Waals surface area contributed by atoms with E-state index in [-0.39, 0.29) is 24.4 Å². The van der Waals surface area contributed by atoms with Crippen LogP contribution in [-0.4, -0.2) is 54.7 Å². The molecule has 4 N–H and O–H groups in total. The molecule has 8 nitrogen and oxygen atoms in total. The monoisotopic (exact) mass is 497 g/mol. The maximum Gasteiger partial charge on any atom is 0.405 e. The fraction of sp³-hybridized carbons (Fsp3) is 0.391. The van der Waals surface area contributed by atoms with Crippen molar-refractivity contribution < 1.29 is 41.7 Å². The lowest BCUT2D eigenvalue weighted by Crippen LogP contribution is -2.47. The first-order chi connectivity index (χ1) is 16.6. The average Bonchev–Trinajstić information content (AvgIpc) is 3.16. The largest absolute Gasteiger partial charge is 0.487 e. The number of para-hydroxylation sites is 1. The van der Waals surface area contributed by atoms with Gasteiger partial charge in [-0.2, -0.15) is 13.2 Å². The molecule has 3 amide bonds. The van der Waals surface area contributed by atoms with Crippen LogP contribution in [-0.2, 0) is 9.53 Å². The van der Waals surface area contributed by atoms with Gasteiger partial charge in [0.05, 0.1) is 24.8 Å². The molecular weight excluding hydrogens is 474 g/mol. The number of amides is 3. The van der Waals surface area contributed by atoms with E-state index in [1.54, 1.807) is 24.3 Å². The van der Waals surface area contributed by atoms with Gasteiger partial charge < -0.3 is 30.5 Å². The number of halogens is 4. The minimum absolute atomic E-state index is 0.0106. The van der Waals surface area contributed by atoms with E-state index >= 15 is 0 Å². The number of carbonyl (C=O) groups excluding carboxylic acids is 2. The van der Waals surface area contributed by atoms with E-state index in [4.69, 9.17) is 9.47 Å². The maximum atomic E-state index is 13.8. The van der Waals surface area contributed by atoms with Crippen LogP contribution in [0.5, 0.6) is 5.75 Å². The second-order valence-electron chi connectivity index (χ2n) is 8.31. The SMILES string of the molecule is O=C(C[C@@H]1C[C@@H]2c3cc(NC(=O)Nc4ccccc4F)ccc3O[C@@H]2[C@H](CO)O1)NCC(F)(F)F. The van der Waals surface area contributed by atoms with Crippen molar-refractivity contribution in [1.82, 2.24) is 5.32 Å². The minimum Gasteiger partial charge on any atom is -0.487 e. The second-order valence-corrected chi connectivity index (χ2v) is 8.31. The number of aliphatic hydroxyl groups excluding tert-OH is 1. The van der Waals surface area contributed by atoms with E-state index in [2.05, 4.69) is 10.6 Å². The van der Waals surface area contributed by atoms with Crippen molar-refractivity contribution in [1.29, 1.82) is 0 Å². The first-order valence-electron chi connectivity index (χ1n) is 10.9. The molecule has 2 aliphatic rings. The molecule has 2 heterocycles. The van der Waals surface area contributed by atoms with E-state index in [0.29, 0.717) is 17.0 Å². The fourth-order valence-electron chi connectivity index (χ4n) is 4.29. The molecular formula is C23H23F4N3O5. The number of nitrogens with one attached hydrogen (secondary N) is 3. The van der Waals surface area contributed by atoms with Gasteiger partial charge in [0.25, 0.3) is 0 Å². The molecule has 0 saturated carbocycles. The first kappa shape index (κ1) is 24.7. The quantitative estimate of drug-likeness (QED) is 0.457. The molecule has 1 fully saturated rings. The highest BCUT2D eigenvalue weighted by molar-refractivity contribution is 5.99. The second kappa shape index (κ2) is 10.1. The van der Waals surface area contributed by atoms with E-state index < -0.39 is 55.4 Å². The van der Waals surface area contributed by atoms with Crippen LogP contribution < -0.4 is 20.7 Å². The smallest absolute Gasteiger partial charge is 0.405 e. The van der Waals surface area contributed by atoms with Gasteiger partial charge in [0, 0.05) is 17.2 Å². The van der Waals surface area contributed by atoms with Crippen LogP contribution in [0.2, 0.25) is 0 Å². The Hall–Kier alpha value is -3.38. The van der Waals surface area contributed by atoms with Crippen LogP contribution in [0.3, 0.4) is 0 Å². The summed E-state index contributed by atoms with van der Waals surface area (Å²) in [7, 11) is 0. The van der Waals surface area contributed by atoms with Gasteiger partial charge in [-0.25, -0.2) is 9.18 Å². The Morgan fingerprint density at radius 1 is 1.11 bits per heavy atom. The zero-order valence-corrected chi connectivity index (χ0v) is 18.3. The number of carbonyl (C=O) groups is 2. The molecule has 12 heteroatoms.